The summed E-state index contributed by atoms with van der Waals surface area (Å²) in [5.74, 6) is -0.706. The van der Waals surface area contributed by atoms with E-state index in [0.29, 0.717) is 19.5 Å². The Hall–Kier alpha value is 1.24. The molecule has 8 nitrogen and oxygen atoms in total. The van der Waals surface area contributed by atoms with E-state index < -0.39 is 18.2 Å². The molecule has 2 aliphatic rings. The number of imide groups is 1. The first-order chi connectivity index (χ1) is 11.5. The average Bonchev–Trinajstić information content (AvgIpc) is 3.06. The summed E-state index contributed by atoms with van der Waals surface area (Å²) in [4.78, 5) is 22.8. The maximum absolute atomic E-state index is 10.8. The number of nitrogens with zero attached hydrogens (tertiary/aromatic N) is 1. The first-order valence-corrected chi connectivity index (χ1v) is 8.28. The van der Waals surface area contributed by atoms with E-state index in [2.05, 4.69) is 17.5 Å². The second kappa shape index (κ2) is 18.3. The summed E-state index contributed by atoms with van der Waals surface area (Å²) < 4.78 is 7.36. The molecule has 1 saturated carbocycles. The van der Waals surface area contributed by atoms with Crippen LogP contribution in [0.15, 0.2) is 12.2 Å². The number of carbonyl (C=O) groups is 2. The van der Waals surface area contributed by atoms with Crippen molar-refractivity contribution < 1.29 is 90.0 Å². The first-order valence-electron chi connectivity index (χ1n) is 7.87. The number of aliphatic hydroxyl groups is 2. The van der Waals surface area contributed by atoms with Crippen LogP contribution in [-0.4, -0.2) is 72.0 Å². The van der Waals surface area contributed by atoms with Gasteiger partial charge in [-0.3, -0.25) is 14.5 Å². The van der Waals surface area contributed by atoms with Gasteiger partial charge >= 0.3 is 0 Å². The third kappa shape index (κ3) is 10.1. The molecule has 0 saturated heterocycles. The van der Waals surface area contributed by atoms with Crippen LogP contribution in [0.2, 0.25) is 0 Å². The van der Waals surface area contributed by atoms with Crippen LogP contribution in [0, 0.1) is 5.92 Å². The molecular weight excluding hydrogens is 512 g/mol. The monoisotopic (exact) mass is 539 g/mol. The van der Waals surface area contributed by atoms with E-state index in [0.717, 1.165) is 4.90 Å². The van der Waals surface area contributed by atoms with Gasteiger partial charge in [-0.25, -0.2) is 0 Å². The number of hydrogen-bond acceptors (Lipinski definition) is 7. The van der Waals surface area contributed by atoms with Gasteiger partial charge in [0.15, 0.2) is 0 Å². The topological polar surface area (TPSA) is 123 Å². The van der Waals surface area contributed by atoms with E-state index in [-0.39, 0.29) is 89.8 Å². The first kappa shape index (κ1) is 31.9. The molecule has 4 atom stereocenters. The number of hydrogen-bond donors (Lipinski definition) is 3. The van der Waals surface area contributed by atoms with E-state index in [9.17, 15) is 14.7 Å². The number of ether oxygens (including phenoxy) is 1. The Balaban J connectivity index is -0.000000347. The van der Waals surface area contributed by atoms with Crippen LogP contribution in [0.1, 0.15) is 20.3 Å². The number of rotatable bonds is 5. The molecule has 146 valence electrons. The van der Waals surface area contributed by atoms with Crippen LogP contribution in [0.5, 0.6) is 0 Å². The van der Waals surface area contributed by atoms with Gasteiger partial charge in [-0.1, -0.05) is 20.3 Å². The van der Waals surface area contributed by atoms with Crippen molar-refractivity contribution in [2.24, 2.45) is 5.92 Å². The smallest absolute Gasteiger partial charge is 0.253 e. The quantitative estimate of drug-likeness (QED) is 0.326. The predicted molar refractivity (Wildman–Crippen MR) is 92.7 cm³/mol. The molecule has 1 heterocycles. The molecule has 0 aromatic heterocycles. The van der Waals surface area contributed by atoms with Gasteiger partial charge in [-0.15, -0.1) is 6.04 Å². The summed E-state index contributed by atoms with van der Waals surface area (Å²) in [5.41, 5.74) is 7.46. The van der Waals surface area contributed by atoms with E-state index in [1.807, 2.05) is 13.8 Å². The SMILES string of the molecule is CC.COC1C([NH-])CC(CO)C1O.O=C1C=CC(=O)N1CCN[S-].[Y].[Y]. The van der Waals surface area contributed by atoms with Gasteiger partial charge in [-0.2, -0.15) is 0 Å². The Bertz CT molecular complexity index is 414. The fourth-order valence-electron chi connectivity index (χ4n) is 2.40. The molecule has 2 rings (SSSR count). The molecule has 0 spiro atoms. The maximum Gasteiger partial charge on any atom is 0.253 e. The van der Waals surface area contributed by atoms with Crippen molar-refractivity contribution in [1.82, 2.24) is 9.62 Å². The predicted octanol–water partition coefficient (Wildman–Crippen LogP) is -0.221. The largest absolute Gasteiger partial charge is 0.705 e. The summed E-state index contributed by atoms with van der Waals surface area (Å²) in [5, 5.41) is 18.2. The molecule has 0 aromatic carbocycles. The van der Waals surface area contributed by atoms with Crippen LogP contribution in [-0.2, 0) is 92.6 Å². The van der Waals surface area contributed by atoms with E-state index in [1.165, 1.54) is 19.3 Å². The number of methoxy groups -OCH3 is 1. The molecule has 2 amide bonds. The second-order valence-corrected chi connectivity index (χ2v) is 5.32. The van der Waals surface area contributed by atoms with Crippen LogP contribution >= 0.6 is 0 Å². The number of carbonyl (C=O) groups excluding carboxylic acids is 2. The van der Waals surface area contributed by atoms with Crippen molar-refractivity contribution in [3.63, 3.8) is 0 Å². The number of nitrogens with one attached hydrogen (secondary N) is 2. The Morgan fingerprint density at radius 1 is 1.31 bits per heavy atom. The standard InChI is InChI=1S/C7H14NO3.C6H7N2O2S.C2H6.2Y/c1-11-7-5(8)2-4(3-9)6(7)10;9-5-1-2-6(10)8(5)4-3-7-11;1-2;;/h4-10H,2-3H2,1H3;1-2,7H,3-4H2;1-2H3;;/q2*-1;;;. The van der Waals surface area contributed by atoms with Crippen molar-refractivity contribution in [2.75, 3.05) is 26.8 Å². The van der Waals surface area contributed by atoms with Crippen molar-refractivity contribution in [3.05, 3.63) is 17.9 Å². The molecule has 1 aliphatic heterocycles. The van der Waals surface area contributed by atoms with Gasteiger partial charge in [-0.05, 0) is 6.54 Å². The minimum atomic E-state index is -0.674. The normalized spacial score (nSPS) is 26.2. The third-order valence-corrected chi connectivity index (χ3v) is 3.82. The summed E-state index contributed by atoms with van der Waals surface area (Å²) in [6, 6.07) is -0.396. The Labute approximate surface area is 211 Å². The van der Waals surface area contributed by atoms with E-state index in [1.54, 1.807) is 0 Å². The Kier molecular flexibility index (Phi) is 22.4. The van der Waals surface area contributed by atoms with Crippen LogP contribution in [0.25, 0.3) is 5.73 Å². The zero-order valence-electron chi connectivity index (χ0n) is 15.4. The van der Waals surface area contributed by atoms with Crippen molar-refractivity contribution in [3.8, 4) is 0 Å². The van der Waals surface area contributed by atoms with Crippen LogP contribution in [0.3, 0.4) is 0 Å². The number of aliphatic hydroxyl groups excluding tert-OH is 2. The molecule has 0 bridgehead atoms. The molecule has 1 fully saturated rings. The summed E-state index contributed by atoms with van der Waals surface area (Å²) >= 11 is 4.44. The van der Waals surface area contributed by atoms with Crippen molar-refractivity contribution >= 4 is 24.6 Å². The molecule has 1 aliphatic carbocycles. The van der Waals surface area contributed by atoms with Gasteiger partial charge in [0.25, 0.3) is 11.8 Å². The number of amides is 2. The Morgan fingerprint density at radius 3 is 2.12 bits per heavy atom. The maximum atomic E-state index is 10.8. The molecule has 26 heavy (non-hydrogen) atoms. The summed E-state index contributed by atoms with van der Waals surface area (Å²) in [6.07, 6.45) is 1.94. The third-order valence-electron chi connectivity index (χ3n) is 3.62. The molecule has 0 aromatic rings. The van der Waals surface area contributed by atoms with Crippen LogP contribution in [0.4, 0.5) is 0 Å². The second-order valence-electron chi connectivity index (χ2n) is 5.03. The van der Waals surface area contributed by atoms with E-state index >= 15 is 0 Å². The summed E-state index contributed by atoms with van der Waals surface area (Å²) in [7, 11) is 1.48. The molecular formula is C15H27N3O5SY2-2. The van der Waals surface area contributed by atoms with E-state index in [4.69, 9.17) is 15.6 Å². The molecule has 2 radical (unpaired) electrons. The van der Waals surface area contributed by atoms with Gasteiger partial charge < -0.3 is 38.2 Å². The van der Waals surface area contributed by atoms with Crippen molar-refractivity contribution in [2.45, 2.75) is 38.5 Å². The zero-order valence-corrected chi connectivity index (χ0v) is 21.9. The van der Waals surface area contributed by atoms with Crippen LogP contribution < -0.4 is 4.72 Å². The average molecular weight is 539 g/mol. The van der Waals surface area contributed by atoms with Gasteiger partial charge in [0, 0.05) is 104 Å². The minimum Gasteiger partial charge on any atom is -0.705 e. The van der Waals surface area contributed by atoms with Gasteiger partial charge in [0.1, 0.15) is 0 Å². The van der Waals surface area contributed by atoms with Gasteiger partial charge in [0.05, 0.1) is 12.2 Å². The molecule has 4 unspecified atom stereocenters. The molecule has 4 N–H and O–H groups in total. The fourth-order valence-corrected chi connectivity index (χ4v) is 2.49. The van der Waals surface area contributed by atoms with Gasteiger partial charge in [0.2, 0.25) is 0 Å². The fraction of sp³-hybridized carbons (Fsp3) is 0.733. The zero-order chi connectivity index (χ0) is 18.7. The summed E-state index contributed by atoms with van der Waals surface area (Å²) in [6.45, 7) is 4.74. The molecule has 11 heteroatoms. The van der Waals surface area contributed by atoms with Crippen molar-refractivity contribution in [1.29, 1.82) is 0 Å². The Morgan fingerprint density at radius 2 is 1.81 bits per heavy atom. The minimum absolute atomic E-state index is 0.